The van der Waals surface area contributed by atoms with Crippen molar-refractivity contribution in [2.45, 2.75) is 17.7 Å². The van der Waals surface area contributed by atoms with Crippen LogP contribution in [0.1, 0.15) is 12.8 Å². The van der Waals surface area contributed by atoms with E-state index in [1.165, 1.54) is 12.1 Å². The Balaban J connectivity index is 3.49. The lowest BCUT2D eigenvalue weighted by molar-refractivity contribution is -0.168. The molecular formula is C18H18O6S. The van der Waals surface area contributed by atoms with Crippen LogP contribution >= 0.6 is 0 Å². The highest BCUT2D eigenvalue weighted by Gasteiger charge is 2.50. The fourth-order valence-corrected chi connectivity index (χ4v) is 3.69. The monoisotopic (exact) mass is 362 g/mol. The molecule has 0 amide bonds. The Morgan fingerprint density at radius 1 is 1.16 bits per heavy atom. The zero-order valence-corrected chi connectivity index (χ0v) is 14.8. The van der Waals surface area contributed by atoms with Crippen molar-refractivity contribution in [1.29, 1.82) is 0 Å². The van der Waals surface area contributed by atoms with Crippen LogP contribution in [-0.4, -0.2) is 34.6 Å². The minimum Gasteiger partial charge on any atom is -0.468 e. The molecule has 7 heteroatoms. The van der Waals surface area contributed by atoms with Gasteiger partial charge in [-0.2, -0.15) is 0 Å². The van der Waals surface area contributed by atoms with Crippen LogP contribution in [0.5, 0.6) is 0 Å². The van der Waals surface area contributed by atoms with E-state index >= 15 is 0 Å². The number of esters is 2. The average Bonchev–Trinajstić information content (AvgIpc) is 2.64. The lowest BCUT2D eigenvalue weighted by Gasteiger charge is -2.26. The van der Waals surface area contributed by atoms with Crippen molar-refractivity contribution in [3.05, 3.63) is 47.5 Å². The van der Waals surface area contributed by atoms with Gasteiger partial charge in [-0.3, -0.25) is 9.59 Å². The second kappa shape index (κ2) is 8.34. The summed E-state index contributed by atoms with van der Waals surface area (Å²) in [6, 6.07) is 7.51. The maximum absolute atomic E-state index is 12.8. The van der Waals surface area contributed by atoms with Crippen LogP contribution in [0.2, 0.25) is 0 Å². The summed E-state index contributed by atoms with van der Waals surface area (Å²) < 4.78 is 34.9. The molecule has 0 bridgehead atoms. The van der Waals surface area contributed by atoms with Crippen LogP contribution in [0.4, 0.5) is 0 Å². The number of benzene rings is 1. The number of terminal acetylenes is 1. The molecular weight excluding hydrogens is 344 g/mol. The van der Waals surface area contributed by atoms with E-state index in [2.05, 4.69) is 27.7 Å². The first-order valence-electron chi connectivity index (χ1n) is 7.09. The predicted molar refractivity (Wildman–Crippen MR) is 90.8 cm³/mol. The molecule has 0 unspecified atom stereocenters. The molecule has 1 aromatic carbocycles. The first-order chi connectivity index (χ1) is 11.8. The molecule has 6 nitrogen and oxygen atoms in total. The van der Waals surface area contributed by atoms with Gasteiger partial charge in [0.2, 0.25) is 9.84 Å². The maximum atomic E-state index is 12.8. The van der Waals surface area contributed by atoms with Gasteiger partial charge in [0.15, 0.2) is 5.41 Å². The summed E-state index contributed by atoms with van der Waals surface area (Å²) in [6.07, 6.45) is 4.30. The number of rotatable bonds is 7. The number of carbonyl (C=O) groups is 2. The van der Waals surface area contributed by atoms with Crippen molar-refractivity contribution < 1.29 is 27.5 Å². The van der Waals surface area contributed by atoms with E-state index in [1.54, 1.807) is 18.2 Å². The molecule has 0 N–H and O–H groups in total. The Labute approximate surface area is 147 Å². The summed E-state index contributed by atoms with van der Waals surface area (Å²) in [5.74, 6) is 0.217. The van der Waals surface area contributed by atoms with E-state index in [0.29, 0.717) is 0 Å². The SMILES string of the molecule is C#CCC(CC(=C=C)S(=O)(=O)c1ccccc1)(C(=O)OC)C(=O)OC. The Morgan fingerprint density at radius 2 is 1.68 bits per heavy atom. The standard InChI is InChI=1S/C18H18O6S/c1-5-12-18(16(19)23-3,17(20)24-4)13-14(6-2)25(21,22)15-10-8-7-9-11-15/h1,7-11H,2,12-13H2,3-4H3. The van der Waals surface area contributed by atoms with Gasteiger partial charge in [0.05, 0.1) is 24.0 Å². The molecule has 1 rings (SSSR count). The molecule has 0 aliphatic heterocycles. The molecule has 0 heterocycles. The first kappa shape index (κ1) is 20.2. The molecule has 25 heavy (non-hydrogen) atoms. The smallest absolute Gasteiger partial charge is 0.324 e. The van der Waals surface area contributed by atoms with Gasteiger partial charge in [-0.15, -0.1) is 18.1 Å². The van der Waals surface area contributed by atoms with Crippen molar-refractivity contribution >= 4 is 21.8 Å². The van der Waals surface area contributed by atoms with E-state index in [0.717, 1.165) is 14.2 Å². The lowest BCUT2D eigenvalue weighted by Crippen LogP contribution is -2.42. The summed E-state index contributed by atoms with van der Waals surface area (Å²) in [6.45, 7) is 3.37. The summed E-state index contributed by atoms with van der Waals surface area (Å²) in [5, 5.41) is 0. The minimum atomic E-state index is -4.03. The fourth-order valence-electron chi connectivity index (χ4n) is 2.27. The second-order valence-electron chi connectivity index (χ2n) is 5.04. The molecule has 0 aliphatic rings. The number of methoxy groups -OCH3 is 2. The number of ether oxygens (including phenoxy) is 2. The molecule has 0 radical (unpaired) electrons. The summed E-state index contributed by atoms with van der Waals surface area (Å²) in [7, 11) is -1.89. The molecule has 0 aliphatic carbocycles. The van der Waals surface area contributed by atoms with Crippen LogP contribution in [0.3, 0.4) is 0 Å². The van der Waals surface area contributed by atoms with Gasteiger partial charge in [0.25, 0.3) is 0 Å². The predicted octanol–water partition coefficient (Wildman–Crippen LogP) is 1.87. The van der Waals surface area contributed by atoms with Gasteiger partial charge in [-0.05, 0) is 12.1 Å². The largest absolute Gasteiger partial charge is 0.468 e. The number of allylic oxidation sites excluding steroid dienone is 1. The van der Waals surface area contributed by atoms with Crippen molar-refractivity contribution in [1.82, 2.24) is 0 Å². The highest BCUT2D eigenvalue weighted by atomic mass is 32.2. The second-order valence-corrected chi connectivity index (χ2v) is 7.01. The quantitative estimate of drug-likeness (QED) is 0.319. The molecule has 0 aromatic heterocycles. The van der Waals surface area contributed by atoms with Crippen LogP contribution in [0.25, 0.3) is 0 Å². The van der Waals surface area contributed by atoms with E-state index < -0.39 is 40.0 Å². The lowest BCUT2D eigenvalue weighted by atomic mass is 9.81. The van der Waals surface area contributed by atoms with E-state index in [9.17, 15) is 18.0 Å². The zero-order chi connectivity index (χ0) is 19.1. The van der Waals surface area contributed by atoms with E-state index in [-0.39, 0.29) is 9.80 Å². The number of sulfone groups is 1. The van der Waals surface area contributed by atoms with Crippen LogP contribution < -0.4 is 0 Å². The van der Waals surface area contributed by atoms with Crippen molar-refractivity contribution in [2.75, 3.05) is 14.2 Å². The number of hydrogen-bond acceptors (Lipinski definition) is 6. The van der Waals surface area contributed by atoms with Gasteiger partial charge in [-0.1, -0.05) is 24.8 Å². The highest BCUT2D eigenvalue weighted by molar-refractivity contribution is 7.95. The van der Waals surface area contributed by atoms with Gasteiger partial charge in [0, 0.05) is 12.8 Å². The normalized spacial score (nSPS) is 10.9. The molecule has 0 saturated carbocycles. The molecule has 0 fully saturated rings. The number of hydrogen-bond donors (Lipinski definition) is 0. The Hall–Kier alpha value is -2.81. The van der Waals surface area contributed by atoms with Crippen molar-refractivity contribution in [3.8, 4) is 12.3 Å². The van der Waals surface area contributed by atoms with Gasteiger partial charge in [-0.25, -0.2) is 8.42 Å². The Bertz CT molecular complexity index is 823. The summed E-state index contributed by atoms with van der Waals surface area (Å²) in [4.78, 5) is 24.1. The molecule has 132 valence electrons. The third kappa shape index (κ3) is 4.00. The molecule has 0 spiro atoms. The summed E-state index contributed by atoms with van der Waals surface area (Å²) >= 11 is 0. The average molecular weight is 362 g/mol. The Morgan fingerprint density at radius 3 is 2.08 bits per heavy atom. The van der Waals surface area contributed by atoms with E-state index in [1.807, 2.05) is 0 Å². The maximum Gasteiger partial charge on any atom is 0.324 e. The molecule has 1 aromatic rings. The molecule has 0 saturated heterocycles. The van der Waals surface area contributed by atoms with Gasteiger partial charge in [0.1, 0.15) is 0 Å². The number of carbonyl (C=O) groups excluding carboxylic acids is 2. The highest BCUT2D eigenvalue weighted by Crippen LogP contribution is 2.36. The van der Waals surface area contributed by atoms with Crippen molar-refractivity contribution in [3.63, 3.8) is 0 Å². The zero-order valence-electron chi connectivity index (χ0n) is 13.9. The third-order valence-electron chi connectivity index (χ3n) is 3.59. The van der Waals surface area contributed by atoms with Crippen LogP contribution in [0.15, 0.2) is 52.4 Å². The minimum absolute atomic E-state index is 0.0227. The topological polar surface area (TPSA) is 86.7 Å². The first-order valence-corrected chi connectivity index (χ1v) is 8.57. The third-order valence-corrected chi connectivity index (χ3v) is 5.42. The molecule has 0 atom stereocenters. The van der Waals surface area contributed by atoms with Gasteiger partial charge >= 0.3 is 11.9 Å². The van der Waals surface area contributed by atoms with Crippen LogP contribution in [0, 0.1) is 17.8 Å². The van der Waals surface area contributed by atoms with Crippen molar-refractivity contribution in [2.24, 2.45) is 5.41 Å². The van der Waals surface area contributed by atoms with E-state index in [4.69, 9.17) is 6.42 Å². The summed E-state index contributed by atoms with van der Waals surface area (Å²) in [5.41, 5.74) is 0.307. The van der Waals surface area contributed by atoms with Crippen LogP contribution in [-0.2, 0) is 28.9 Å². The van der Waals surface area contributed by atoms with Gasteiger partial charge < -0.3 is 9.47 Å². The fraction of sp³-hybridized carbons (Fsp3) is 0.278. The Kier molecular flexibility index (Phi) is 6.75.